The van der Waals surface area contributed by atoms with Gasteiger partial charge in [-0.25, -0.2) is 0 Å². The Kier molecular flexibility index (Phi) is 2.56. The number of hydrogen-bond acceptors (Lipinski definition) is 3. The summed E-state index contributed by atoms with van der Waals surface area (Å²) in [7, 11) is 0. The highest BCUT2D eigenvalue weighted by molar-refractivity contribution is 7.80. The fourth-order valence-electron chi connectivity index (χ4n) is 1.78. The van der Waals surface area contributed by atoms with E-state index in [1.54, 1.807) is 0 Å². The van der Waals surface area contributed by atoms with Crippen LogP contribution in [0.3, 0.4) is 0 Å². The van der Waals surface area contributed by atoms with E-state index in [0.29, 0.717) is 16.6 Å². The first-order chi connectivity index (χ1) is 8.75. The van der Waals surface area contributed by atoms with Crippen molar-refractivity contribution in [3.05, 3.63) is 53.6 Å². The lowest BCUT2D eigenvalue weighted by Gasteiger charge is -2.16. The minimum Gasteiger partial charge on any atom is -0.267 e. The van der Waals surface area contributed by atoms with Crippen LogP contribution in [0.2, 0.25) is 0 Å². The van der Waals surface area contributed by atoms with Crippen LogP contribution in [0.25, 0.3) is 0 Å². The number of rotatable bonds is 1. The summed E-state index contributed by atoms with van der Waals surface area (Å²) in [6.07, 6.45) is 1.88. The lowest BCUT2D eigenvalue weighted by atomic mass is 10.3. The molecule has 1 radical (unpaired) electrons. The number of hydrogen-bond donors (Lipinski definition) is 1. The number of allylic oxidation sites excluding steroid dienone is 2. The van der Waals surface area contributed by atoms with Gasteiger partial charge >= 0.3 is 0 Å². The van der Waals surface area contributed by atoms with Crippen LogP contribution in [0.15, 0.2) is 63.9 Å². The topological polar surface area (TPSA) is 54.1 Å². The Morgan fingerprint density at radius 2 is 1.94 bits per heavy atom. The molecule has 1 fully saturated rings. The molecule has 0 aromatic heterocycles. The highest BCUT2D eigenvalue weighted by Crippen LogP contribution is 2.27. The first kappa shape index (κ1) is 10.9. The normalized spacial score (nSPS) is 21.9. The molecule has 0 spiro atoms. The summed E-state index contributed by atoms with van der Waals surface area (Å²) in [5.74, 6) is 0.673. The van der Waals surface area contributed by atoms with E-state index in [1.807, 2.05) is 48.2 Å². The van der Waals surface area contributed by atoms with Crippen LogP contribution in [0.4, 0.5) is 5.69 Å². The fourth-order valence-corrected chi connectivity index (χ4v) is 2.02. The van der Waals surface area contributed by atoms with Crippen molar-refractivity contribution >= 4 is 23.0 Å². The summed E-state index contributed by atoms with van der Waals surface area (Å²) in [6.45, 7) is 1.89. The quantitative estimate of drug-likeness (QED) is 0.785. The zero-order chi connectivity index (χ0) is 12.5. The Hall–Kier alpha value is -2.21. The molecule has 1 aromatic rings. The zero-order valence-electron chi connectivity index (χ0n) is 9.66. The monoisotopic (exact) mass is 256 g/mol. The number of nitrogens with one attached hydrogen (secondary N) is 1. The van der Waals surface area contributed by atoms with Crippen LogP contribution in [0.1, 0.15) is 6.92 Å². The van der Waals surface area contributed by atoms with Crippen LogP contribution in [0, 0.1) is 0 Å². The van der Waals surface area contributed by atoms with Gasteiger partial charge in [-0.15, -0.1) is 5.11 Å². The van der Waals surface area contributed by atoms with E-state index in [0.717, 1.165) is 11.4 Å². The van der Waals surface area contributed by atoms with Gasteiger partial charge in [-0.2, -0.15) is 10.5 Å². The molecule has 0 aliphatic carbocycles. The number of thiocarbonyl (C=S) groups is 1. The second-order valence-corrected chi connectivity index (χ2v) is 4.28. The van der Waals surface area contributed by atoms with Gasteiger partial charge in [0.2, 0.25) is 0 Å². The molecule has 89 valence electrons. The van der Waals surface area contributed by atoms with Gasteiger partial charge in [-0.05, 0) is 37.4 Å². The molecule has 0 bridgehead atoms. The SMILES string of the molecule is CC1=CC(=C2[N]NC(=S)N2c2ccccc2)N=N1. The molecule has 0 saturated carbocycles. The predicted octanol–water partition coefficient (Wildman–Crippen LogP) is 2.44. The van der Waals surface area contributed by atoms with Crippen molar-refractivity contribution in [1.82, 2.24) is 10.9 Å². The molecule has 1 N–H and O–H groups in total. The Morgan fingerprint density at radius 3 is 2.61 bits per heavy atom. The average molecular weight is 256 g/mol. The lowest BCUT2D eigenvalue weighted by Crippen LogP contribution is -2.27. The van der Waals surface area contributed by atoms with Crippen LogP contribution < -0.4 is 15.8 Å². The van der Waals surface area contributed by atoms with E-state index in [1.165, 1.54) is 0 Å². The summed E-state index contributed by atoms with van der Waals surface area (Å²) in [5, 5.41) is 8.61. The van der Waals surface area contributed by atoms with Gasteiger partial charge in [-0.1, -0.05) is 18.2 Å². The number of benzene rings is 1. The molecular weight excluding hydrogens is 246 g/mol. The largest absolute Gasteiger partial charge is 0.267 e. The van der Waals surface area contributed by atoms with Gasteiger partial charge in [0.15, 0.2) is 10.9 Å². The van der Waals surface area contributed by atoms with E-state index in [9.17, 15) is 0 Å². The van der Waals surface area contributed by atoms with E-state index < -0.39 is 0 Å². The third-order valence-corrected chi connectivity index (χ3v) is 2.85. The van der Waals surface area contributed by atoms with E-state index >= 15 is 0 Å². The molecular formula is C12H10N5S. The molecule has 3 rings (SSSR count). The maximum Gasteiger partial charge on any atom is 0.200 e. The summed E-state index contributed by atoms with van der Waals surface area (Å²) < 4.78 is 0. The van der Waals surface area contributed by atoms with E-state index in [2.05, 4.69) is 21.1 Å². The molecule has 18 heavy (non-hydrogen) atoms. The molecule has 2 aliphatic rings. The van der Waals surface area contributed by atoms with Crippen molar-refractivity contribution < 1.29 is 0 Å². The smallest absolute Gasteiger partial charge is 0.200 e. The Balaban J connectivity index is 2.07. The maximum absolute atomic E-state index is 5.26. The molecule has 6 heteroatoms. The first-order valence-electron chi connectivity index (χ1n) is 5.46. The highest BCUT2D eigenvalue weighted by Gasteiger charge is 2.29. The van der Waals surface area contributed by atoms with Crippen LogP contribution in [-0.4, -0.2) is 5.11 Å². The minimum absolute atomic E-state index is 0.539. The molecule has 0 unspecified atom stereocenters. The molecule has 0 atom stereocenters. The molecule has 0 amide bonds. The molecule has 2 heterocycles. The summed E-state index contributed by atoms with van der Waals surface area (Å²) in [4.78, 5) is 1.85. The van der Waals surface area contributed by atoms with Crippen molar-refractivity contribution in [2.75, 3.05) is 4.90 Å². The van der Waals surface area contributed by atoms with Gasteiger partial charge in [0.05, 0.1) is 11.4 Å². The van der Waals surface area contributed by atoms with Crippen molar-refractivity contribution in [3.8, 4) is 0 Å². The third-order valence-electron chi connectivity index (χ3n) is 2.58. The molecule has 2 aliphatic heterocycles. The number of anilines is 1. The van der Waals surface area contributed by atoms with Gasteiger partial charge in [0.25, 0.3) is 0 Å². The van der Waals surface area contributed by atoms with Gasteiger partial charge < -0.3 is 0 Å². The summed E-state index contributed by atoms with van der Waals surface area (Å²) >= 11 is 5.26. The minimum atomic E-state index is 0.539. The molecule has 1 saturated heterocycles. The molecule has 5 nitrogen and oxygen atoms in total. The lowest BCUT2D eigenvalue weighted by molar-refractivity contribution is 0.795. The van der Waals surface area contributed by atoms with Gasteiger partial charge in [-0.3, -0.25) is 10.3 Å². The highest BCUT2D eigenvalue weighted by atomic mass is 32.1. The third kappa shape index (κ3) is 1.76. The predicted molar refractivity (Wildman–Crippen MR) is 72.4 cm³/mol. The second-order valence-electron chi connectivity index (χ2n) is 3.89. The van der Waals surface area contributed by atoms with Crippen LogP contribution >= 0.6 is 12.2 Å². The van der Waals surface area contributed by atoms with Crippen molar-refractivity contribution in [1.29, 1.82) is 0 Å². The summed E-state index contributed by atoms with van der Waals surface area (Å²) in [6, 6.07) is 9.81. The Labute approximate surface area is 110 Å². The second kappa shape index (κ2) is 4.23. The first-order valence-corrected chi connectivity index (χ1v) is 5.87. The summed E-state index contributed by atoms with van der Waals surface area (Å²) in [5.41, 5.74) is 9.53. The number of para-hydroxylation sites is 1. The average Bonchev–Trinajstić information content (AvgIpc) is 2.96. The van der Waals surface area contributed by atoms with E-state index in [-0.39, 0.29) is 0 Å². The fraction of sp³-hybridized carbons (Fsp3) is 0.0833. The van der Waals surface area contributed by atoms with Crippen molar-refractivity contribution in [2.45, 2.75) is 6.92 Å². The van der Waals surface area contributed by atoms with Gasteiger partial charge in [0, 0.05) is 0 Å². The maximum atomic E-state index is 5.26. The zero-order valence-corrected chi connectivity index (χ0v) is 10.5. The van der Waals surface area contributed by atoms with E-state index in [4.69, 9.17) is 12.2 Å². The Morgan fingerprint density at radius 1 is 1.17 bits per heavy atom. The molecule has 1 aromatic carbocycles. The standard InChI is InChI=1S/C12H10N5S/c1-8-7-10(14-13-8)11-15-16-12(18)17(11)9-5-3-2-4-6-9/h2-7H,1H3,(H,16,18). The van der Waals surface area contributed by atoms with Gasteiger partial charge in [0.1, 0.15) is 5.70 Å². The number of azo groups is 1. The van der Waals surface area contributed by atoms with Crippen molar-refractivity contribution in [3.63, 3.8) is 0 Å². The van der Waals surface area contributed by atoms with Crippen molar-refractivity contribution in [2.24, 2.45) is 10.2 Å². The Bertz CT molecular complexity index is 588. The van der Waals surface area contributed by atoms with Crippen LogP contribution in [0.5, 0.6) is 0 Å². The number of nitrogens with zero attached hydrogens (tertiary/aromatic N) is 4. The van der Waals surface area contributed by atoms with Crippen LogP contribution in [-0.2, 0) is 0 Å².